The molecule has 1 atom stereocenters. The zero-order valence-corrected chi connectivity index (χ0v) is 9.55. The van der Waals surface area contributed by atoms with Gasteiger partial charge in [0.15, 0.2) is 0 Å². The van der Waals surface area contributed by atoms with Gasteiger partial charge in [0, 0.05) is 6.42 Å². The quantitative estimate of drug-likeness (QED) is 0.764. The third-order valence-corrected chi connectivity index (χ3v) is 2.85. The lowest BCUT2D eigenvalue weighted by Crippen LogP contribution is -2.28. The lowest BCUT2D eigenvalue weighted by atomic mass is 9.90. The number of ether oxygens (including phenoxy) is 1. The normalized spacial score (nSPS) is 22.6. The number of rotatable bonds is 4. The summed E-state index contributed by atoms with van der Waals surface area (Å²) in [5.74, 6) is 0.871. The Morgan fingerprint density at radius 2 is 2.25 bits per heavy atom. The minimum absolute atomic E-state index is 0.258. The van der Waals surface area contributed by atoms with Crippen LogP contribution in [0.15, 0.2) is 39.7 Å². The van der Waals surface area contributed by atoms with Crippen LogP contribution in [0.4, 0.5) is 0 Å². The van der Waals surface area contributed by atoms with Crippen molar-refractivity contribution in [2.45, 2.75) is 25.3 Å². The lowest BCUT2D eigenvalue weighted by Gasteiger charge is -2.19. The molecule has 0 saturated heterocycles. The molecule has 0 aliphatic carbocycles. The van der Waals surface area contributed by atoms with Crippen molar-refractivity contribution < 1.29 is 4.74 Å². The van der Waals surface area contributed by atoms with Crippen molar-refractivity contribution in [1.82, 2.24) is 0 Å². The minimum atomic E-state index is -0.258. The first kappa shape index (κ1) is 10.8. The van der Waals surface area contributed by atoms with E-state index < -0.39 is 0 Å². The highest BCUT2D eigenvalue weighted by Gasteiger charge is 2.29. The Balaban J connectivity index is 2.19. The van der Waals surface area contributed by atoms with E-state index in [2.05, 4.69) is 28.4 Å². The Labute approximate surface area is 95.0 Å². The van der Waals surface area contributed by atoms with Gasteiger partial charge in [-0.1, -0.05) is 19.1 Å². The number of hydrogen-bond acceptors (Lipinski definition) is 4. The van der Waals surface area contributed by atoms with Gasteiger partial charge in [0.1, 0.15) is 11.3 Å². The molecular weight excluding hydrogens is 202 g/mol. The van der Waals surface area contributed by atoms with E-state index in [1.807, 2.05) is 24.4 Å². The second-order valence-electron chi connectivity index (χ2n) is 3.92. The average molecular weight is 217 g/mol. The van der Waals surface area contributed by atoms with E-state index in [0.29, 0.717) is 0 Å². The van der Waals surface area contributed by atoms with Crippen molar-refractivity contribution in [3.8, 4) is 5.75 Å². The maximum Gasteiger partial charge on any atom is 0.124 e. The van der Waals surface area contributed by atoms with Crippen molar-refractivity contribution in [2.24, 2.45) is 15.4 Å². The molecule has 16 heavy (non-hydrogen) atoms. The molecule has 1 heterocycles. The molecule has 1 aliphatic rings. The van der Waals surface area contributed by atoms with Crippen LogP contribution in [-0.4, -0.2) is 18.9 Å². The van der Waals surface area contributed by atoms with Crippen LogP contribution in [0.5, 0.6) is 5.75 Å². The fourth-order valence-corrected chi connectivity index (χ4v) is 1.78. The van der Waals surface area contributed by atoms with E-state index in [1.165, 1.54) is 5.56 Å². The molecule has 4 heteroatoms. The third kappa shape index (κ3) is 2.10. The van der Waals surface area contributed by atoms with E-state index in [4.69, 9.17) is 4.74 Å². The van der Waals surface area contributed by atoms with Gasteiger partial charge in [-0.2, -0.15) is 5.11 Å². The minimum Gasteiger partial charge on any atom is -0.497 e. The topological polar surface area (TPSA) is 46.3 Å². The van der Waals surface area contributed by atoms with Crippen LogP contribution in [0.1, 0.15) is 18.9 Å². The molecule has 1 unspecified atom stereocenters. The molecular formula is C12H15N3O. The van der Waals surface area contributed by atoms with E-state index in [9.17, 15) is 0 Å². The first-order valence-corrected chi connectivity index (χ1v) is 5.37. The summed E-state index contributed by atoms with van der Waals surface area (Å²) in [7, 11) is 1.67. The second kappa shape index (κ2) is 4.43. The largest absolute Gasteiger partial charge is 0.497 e. The molecule has 0 bridgehead atoms. The first-order valence-electron chi connectivity index (χ1n) is 5.37. The standard InChI is InChI=1S/C12H15N3O/c1-3-12(9-13-15-14-12)8-10-5-4-6-11(7-10)16-2/h4-7,9H,3,8H2,1-2H3. The zero-order chi connectivity index (χ0) is 11.4. The van der Waals surface area contributed by atoms with Crippen LogP contribution < -0.4 is 4.74 Å². The molecule has 2 rings (SSSR count). The van der Waals surface area contributed by atoms with Gasteiger partial charge < -0.3 is 4.74 Å². The van der Waals surface area contributed by atoms with E-state index in [-0.39, 0.29) is 5.54 Å². The van der Waals surface area contributed by atoms with Gasteiger partial charge in [-0.15, -0.1) is 5.10 Å². The number of benzene rings is 1. The number of methoxy groups -OCH3 is 1. The van der Waals surface area contributed by atoms with Crippen molar-refractivity contribution in [2.75, 3.05) is 7.11 Å². The lowest BCUT2D eigenvalue weighted by molar-refractivity contribution is 0.413. The molecule has 0 spiro atoms. The monoisotopic (exact) mass is 217 g/mol. The first-order chi connectivity index (χ1) is 7.78. The number of hydrogen-bond donors (Lipinski definition) is 0. The zero-order valence-electron chi connectivity index (χ0n) is 9.55. The Morgan fingerprint density at radius 1 is 1.38 bits per heavy atom. The predicted molar refractivity (Wildman–Crippen MR) is 63.1 cm³/mol. The second-order valence-corrected chi connectivity index (χ2v) is 3.92. The third-order valence-electron chi connectivity index (χ3n) is 2.85. The molecule has 0 amide bonds. The highest BCUT2D eigenvalue weighted by Crippen LogP contribution is 2.25. The van der Waals surface area contributed by atoms with Gasteiger partial charge in [0.2, 0.25) is 0 Å². The molecule has 0 saturated carbocycles. The highest BCUT2D eigenvalue weighted by molar-refractivity contribution is 5.72. The summed E-state index contributed by atoms with van der Waals surface area (Å²) in [5, 5.41) is 11.8. The van der Waals surface area contributed by atoms with Crippen molar-refractivity contribution in [3.05, 3.63) is 29.8 Å². The number of nitrogens with zero attached hydrogens (tertiary/aromatic N) is 3. The molecule has 0 N–H and O–H groups in total. The van der Waals surface area contributed by atoms with E-state index >= 15 is 0 Å². The molecule has 0 radical (unpaired) electrons. The van der Waals surface area contributed by atoms with Gasteiger partial charge in [0.05, 0.1) is 13.3 Å². The van der Waals surface area contributed by atoms with Crippen molar-refractivity contribution >= 4 is 6.21 Å². The molecule has 4 nitrogen and oxygen atoms in total. The molecule has 1 aromatic rings. The smallest absolute Gasteiger partial charge is 0.124 e. The summed E-state index contributed by atoms with van der Waals surface area (Å²) in [5.41, 5.74) is 0.931. The van der Waals surface area contributed by atoms with Crippen LogP contribution >= 0.6 is 0 Å². The molecule has 1 aliphatic heterocycles. The van der Waals surface area contributed by atoms with Crippen LogP contribution in [0.25, 0.3) is 0 Å². The van der Waals surface area contributed by atoms with Gasteiger partial charge >= 0.3 is 0 Å². The average Bonchev–Trinajstić information content (AvgIpc) is 2.78. The summed E-state index contributed by atoms with van der Waals surface area (Å²) in [6.07, 6.45) is 3.54. The van der Waals surface area contributed by atoms with Crippen LogP contribution in [0.3, 0.4) is 0 Å². The van der Waals surface area contributed by atoms with E-state index in [1.54, 1.807) is 7.11 Å². The predicted octanol–water partition coefficient (Wildman–Crippen LogP) is 2.84. The summed E-state index contributed by atoms with van der Waals surface area (Å²) in [6.45, 7) is 2.09. The van der Waals surface area contributed by atoms with Crippen LogP contribution in [0.2, 0.25) is 0 Å². The fourth-order valence-electron chi connectivity index (χ4n) is 1.78. The summed E-state index contributed by atoms with van der Waals surface area (Å²) in [4.78, 5) is 0. The summed E-state index contributed by atoms with van der Waals surface area (Å²) >= 11 is 0. The van der Waals surface area contributed by atoms with Crippen LogP contribution in [-0.2, 0) is 6.42 Å². The Hall–Kier alpha value is -1.71. The van der Waals surface area contributed by atoms with Crippen molar-refractivity contribution in [1.29, 1.82) is 0 Å². The SMILES string of the molecule is CCC1(Cc2cccc(OC)c2)C=NN=N1. The van der Waals surface area contributed by atoms with Gasteiger partial charge in [-0.05, 0) is 29.3 Å². The van der Waals surface area contributed by atoms with Crippen molar-refractivity contribution in [3.63, 3.8) is 0 Å². The molecule has 0 fully saturated rings. The van der Waals surface area contributed by atoms with E-state index in [0.717, 1.165) is 18.6 Å². The maximum absolute atomic E-state index is 5.20. The van der Waals surface area contributed by atoms with Crippen LogP contribution in [0, 0.1) is 0 Å². The Morgan fingerprint density at radius 3 is 2.88 bits per heavy atom. The molecule has 1 aromatic carbocycles. The maximum atomic E-state index is 5.20. The van der Waals surface area contributed by atoms with Gasteiger partial charge in [-0.25, -0.2) is 0 Å². The Bertz CT molecular complexity index is 414. The summed E-state index contributed by atoms with van der Waals surface area (Å²) in [6, 6.07) is 8.02. The molecule has 84 valence electrons. The highest BCUT2D eigenvalue weighted by atomic mass is 16.5. The van der Waals surface area contributed by atoms with Gasteiger partial charge in [-0.3, -0.25) is 0 Å². The fraction of sp³-hybridized carbons (Fsp3) is 0.417. The van der Waals surface area contributed by atoms with Gasteiger partial charge in [0.25, 0.3) is 0 Å². The Kier molecular flexibility index (Phi) is 2.99. The summed E-state index contributed by atoms with van der Waals surface area (Å²) < 4.78 is 5.20. The molecule has 0 aromatic heterocycles.